The molecule has 0 atom stereocenters. The number of aryl methyl sites for hydroxylation is 1. The van der Waals surface area contributed by atoms with Gasteiger partial charge in [0.2, 0.25) is 0 Å². The molecule has 7 nitrogen and oxygen atoms in total. The molecule has 2 aromatic rings. The lowest BCUT2D eigenvalue weighted by Crippen LogP contribution is -2.12. The van der Waals surface area contributed by atoms with E-state index in [1.165, 1.54) is 12.3 Å². The minimum absolute atomic E-state index is 0.0113. The van der Waals surface area contributed by atoms with Crippen LogP contribution in [0.15, 0.2) is 32.4 Å². The number of sulfonamides is 1. The maximum Gasteiger partial charge on any atom is 0.266 e. The molecule has 0 saturated carbocycles. The van der Waals surface area contributed by atoms with Gasteiger partial charge in [0, 0.05) is 18.8 Å². The van der Waals surface area contributed by atoms with Gasteiger partial charge < -0.3 is 10.2 Å². The smallest absolute Gasteiger partial charge is 0.266 e. The van der Waals surface area contributed by atoms with Crippen LogP contribution < -0.4 is 10.5 Å². The fraction of sp³-hybridized carbons (Fsp3) is 0.300. The van der Waals surface area contributed by atoms with Crippen molar-refractivity contribution >= 4 is 31.6 Å². The van der Waals surface area contributed by atoms with Gasteiger partial charge >= 0.3 is 0 Å². The first-order valence-electron chi connectivity index (χ1n) is 5.50. The van der Waals surface area contributed by atoms with E-state index in [0.29, 0.717) is 18.0 Å². The summed E-state index contributed by atoms with van der Waals surface area (Å²) in [5, 5.41) is 3.99. The number of anilines is 1. The molecule has 0 fully saturated rings. The monoisotopic (exact) mass is 348 g/mol. The molecule has 0 aliphatic heterocycles. The normalized spacial score (nSPS) is 11.7. The van der Waals surface area contributed by atoms with Crippen molar-refractivity contribution in [3.8, 4) is 0 Å². The van der Waals surface area contributed by atoms with Crippen LogP contribution in [0.2, 0.25) is 0 Å². The Morgan fingerprint density at radius 1 is 1.58 bits per heavy atom. The fourth-order valence-electron chi connectivity index (χ4n) is 1.48. The van der Waals surface area contributed by atoms with Crippen LogP contribution in [0.4, 0.5) is 5.69 Å². The Hall–Kier alpha value is -1.32. The van der Waals surface area contributed by atoms with Crippen LogP contribution in [-0.4, -0.2) is 18.2 Å². The van der Waals surface area contributed by atoms with Crippen LogP contribution in [0.5, 0.6) is 0 Å². The first-order chi connectivity index (χ1) is 8.96. The molecule has 0 bridgehead atoms. The molecule has 104 valence electrons. The number of furan rings is 1. The molecule has 9 heteroatoms. The maximum absolute atomic E-state index is 12.2. The molecule has 0 aliphatic rings. The Labute approximate surface area is 119 Å². The SMILES string of the molecule is CCn1cc(NS(=O)(=O)c2cc(CN)oc2Br)cn1. The van der Waals surface area contributed by atoms with E-state index in [2.05, 4.69) is 25.8 Å². The highest BCUT2D eigenvalue weighted by molar-refractivity contribution is 9.10. The topological polar surface area (TPSA) is 103 Å². The number of halogens is 1. The number of rotatable bonds is 5. The molecule has 0 spiro atoms. The lowest BCUT2D eigenvalue weighted by atomic mass is 10.5. The van der Waals surface area contributed by atoms with Crippen molar-refractivity contribution < 1.29 is 12.8 Å². The third-order valence-corrected chi connectivity index (χ3v) is 4.64. The zero-order valence-corrected chi connectivity index (χ0v) is 12.5. The minimum atomic E-state index is -3.73. The van der Waals surface area contributed by atoms with E-state index in [1.807, 2.05) is 6.92 Å². The highest BCUT2D eigenvalue weighted by atomic mass is 79.9. The first kappa shape index (κ1) is 14.1. The number of hydrogen-bond donors (Lipinski definition) is 2. The van der Waals surface area contributed by atoms with Gasteiger partial charge in [0.1, 0.15) is 10.7 Å². The van der Waals surface area contributed by atoms with Crippen molar-refractivity contribution in [2.75, 3.05) is 4.72 Å². The van der Waals surface area contributed by atoms with Crippen molar-refractivity contribution in [2.45, 2.75) is 24.9 Å². The predicted octanol–water partition coefficient (Wildman–Crippen LogP) is 1.52. The van der Waals surface area contributed by atoms with Crippen molar-refractivity contribution in [3.05, 3.63) is 28.9 Å². The fourth-order valence-corrected chi connectivity index (χ4v) is 3.51. The third kappa shape index (κ3) is 2.99. The standard InChI is InChI=1S/C10H13BrN4O3S/c1-2-15-6-7(5-13-15)14-19(16,17)9-3-8(4-12)18-10(9)11/h3,5-6,14H,2,4,12H2,1H3. The molecule has 0 saturated heterocycles. The van der Waals surface area contributed by atoms with Crippen LogP contribution in [0.3, 0.4) is 0 Å². The van der Waals surface area contributed by atoms with Gasteiger partial charge in [0.05, 0.1) is 18.4 Å². The maximum atomic E-state index is 12.2. The third-order valence-electron chi connectivity index (χ3n) is 2.41. The summed E-state index contributed by atoms with van der Waals surface area (Å²) in [5.74, 6) is 0.386. The Morgan fingerprint density at radius 2 is 2.32 bits per heavy atom. The van der Waals surface area contributed by atoms with Crippen molar-refractivity contribution in [1.29, 1.82) is 0 Å². The van der Waals surface area contributed by atoms with E-state index < -0.39 is 10.0 Å². The van der Waals surface area contributed by atoms with Crippen molar-refractivity contribution in [3.63, 3.8) is 0 Å². The van der Waals surface area contributed by atoms with E-state index in [-0.39, 0.29) is 16.1 Å². The molecule has 0 radical (unpaired) electrons. The van der Waals surface area contributed by atoms with Gasteiger partial charge in [-0.15, -0.1) is 0 Å². The second-order valence-electron chi connectivity index (χ2n) is 3.74. The van der Waals surface area contributed by atoms with E-state index in [0.717, 1.165) is 0 Å². The lowest BCUT2D eigenvalue weighted by Gasteiger charge is -2.03. The first-order valence-corrected chi connectivity index (χ1v) is 7.77. The molecule has 2 heterocycles. The number of aromatic nitrogens is 2. The summed E-state index contributed by atoms with van der Waals surface area (Å²) in [6.45, 7) is 2.70. The van der Waals surface area contributed by atoms with E-state index in [9.17, 15) is 8.42 Å². The summed E-state index contributed by atoms with van der Waals surface area (Å²) in [4.78, 5) is 0.0113. The van der Waals surface area contributed by atoms with Crippen LogP contribution in [0.1, 0.15) is 12.7 Å². The summed E-state index contributed by atoms with van der Waals surface area (Å²) in [6.07, 6.45) is 3.05. The zero-order valence-electron chi connectivity index (χ0n) is 10.1. The van der Waals surface area contributed by atoms with Crippen LogP contribution >= 0.6 is 15.9 Å². The van der Waals surface area contributed by atoms with E-state index in [4.69, 9.17) is 10.2 Å². The molecule has 2 rings (SSSR count). The van der Waals surface area contributed by atoms with Gasteiger partial charge in [-0.3, -0.25) is 9.40 Å². The Morgan fingerprint density at radius 3 is 2.84 bits per heavy atom. The Kier molecular flexibility index (Phi) is 3.97. The quantitative estimate of drug-likeness (QED) is 0.852. The molecule has 0 amide bonds. The number of hydrogen-bond acceptors (Lipinski definition) is 5. The average Bonchev–Trinajstić information content (AvgIpc) is 2.95. The predicted molar refractivity (Wildman–Crippen MR) is 73.0 cm³/mol. The number of nitrogens with one attached hydrogen (secondary N) is 1. The van der Waals surface area contributed by atoms with Gasteiger partial charge in [0.15, 0.2) is 4.67 Å². The second-order valence-corrected chi connectivity index (χ2v) is 6.12. The van der Waals surface area contributed by atoms with Gasteiger partial charge in [0.25, 0.3) is 10.0 Å². The van der Waals surface area contributed by atoms with Crippen molar-refractivity contribution in [1.82, 2.24) is 9.78 Å². The molecular formula is C10H13BrN4O3S. The largest absolute Gasteiger partial charge is 0.452 e. The lowest BCUT2D eigenvalue weighted by molar-refractivity contribution is 0.484. The Bertz CT molecular complexity index is 677. The number of nitrogens with zero attached hydrogens (tertiary/aromatic N) is 2. The van der Waals surface area contributed by atoms with Gasteiger partial charge in [-0.1, -0.05) is 0 Å². The molecule has 0 aromatic carbocycles. The summed E-state index contributed by atoms with van der Waals surface area (Å²) in [5.41, 5.74) is 5.80. The van der Waals surface area contributed by atoms with E-state index in [1.54, 1.807) is 10.9 Å². The van der Waals surface area contributed by atoms with E-state index >= 15 is 0 Å². The summed E-state index contributed by atoms with van der Waals surface area (Å²) in [6, 6.07) is 1.39. The molecule has 0 aliphatic carbocycles. The van der Waals surface area contributed by atoms with Crippen LogP contribution in [0, 0.1) is 0 Å². The molecular weight excluding hydrogens is 336 g/mol. The summed E-state index contributed by atoms with van der Waals surface area (Å²) >= 11 is 3.06. The highest BCUT2D eigenvalue weighted by Gasteiger charge is 2.22. The van der Waals surface area contributed by atoms with Gasteiger partial charge in [-0.05, 0) is 22.9 Å². The Balaban J connectivity index is 2.29. The zero-order chi connectivity index (χ0) is 14.0. The molecule has 0 unspecified atom stereocenters. The highest BCUT2D eigenvalue weighted by Crippen LogP contribution is 2.27. The summed E-state index contributed by atoms with van der Waals surface area (Å²) < 4.78 is 33.7. The molecule has 2 aromatic heterocycles. The van der Waals surface area contributed by atoms with Crippen LogP contribution in [0.25, 0.3) is 0 Å². The molecule has 19 heavy (non-hydrogen) atoms. The second kappa shape index (κ2) is 5.35. The van der Waals surface area contributed by atoms with Gasteiger partial charge in [-0.2, -0.15) is 5.10 Å². The average molecular weight is 349 g/mol. The van der Waals surface area contributed by atoms with Crippen molar-refractivity contribution in [2.24, 2.45) is 5.73 Å². The minimum Gasteiger partial charge on any atom is -0.452 e. The van der Waals surface area contributed by atoms with Gasteiger partial charge in [-0.25, -0.2) is 8.42 Å². The summed E-state index contributed by atoms with van der Waals surface area (Å²) in [7, 11) is -3.73. The molecule has 3 N–H and O–H groups in total. The van der Waals surface area contributed by atoms with Crippen LogP contribution in [-0.2, 0) is 23.1 Å². The number of nitrogens with two attached hydrogens (primary N) is 1.